The molecule has 0 unspecified atom stereocenters. The zero-order chi connectivity index (χ0) is 64.8. The number of aromatic nitrogens is 3. The maximum absolute atomic E-state index is 14.1. The van der Waals surface area contributed by atoms with Gasteiger partial charge in [0.15, 0.2) is 0 Å². The molecule has 3 aromatic heterocycles. The summed E-state index contributed by atoms with van der Waals surface area (Å²) < 4.78 is 140. The molecule has 15 nitrogen and oxygen atoms in total. The summed E-state index contributed by atoms with van der Waals surface area (Å²) in [4.78, 5) is 13.5. The Kier molecular flexibility index (Phi) is 16.5. The quantitative estimate of drug-likeness (QED) is 0.127. The van der Waals surface area contributed by atoms with Crippen molar-refractivity contribution < 1.29 is 42.8 Å². The number of likely N-dealkylation sites (N-methyl/N-ethyl adjacent to an activating group) is 6. The lowest BCUT2D eigenvalue weighted by Crippen LogP contribution is -2.23. The van der Waals surface area contributed by atoms with Crippen LogP contribution < -0.4 is 14.7 Å². The van der Waals surface area contributed by atoms with Crippen LogP contribution in [0.3, 0.4) is 0 Å². The lowest BCUT2D eigenvalue weighted by molar-refractivity contribution is -0.137. The number of fused-ring (bicyclic) bond motifs is 6. The van der Waals surface area contributed by atoms with Crippen molar-refractivity contribution in [1.82, 2.24) is 26.6 Å². The second kappa shape index (κ2) is 24.2. The highest BCUT2D eigenvalue weighted by Crippen LogP contribution is 2.41. The van der Waals surface area contributed by atoms with E-state index in [0.29, 0.717) is 39.7 Å². The Balaban J connectivity index is 0.000000126. The fourth-order valence-electron chi connectivity index (χ4n) is 13.5. The maximum atomic E-state index is 14.1. The van der Waals surface area contributed by atoms with Crippen molar-refractivity contribution in [1.29, 1.82) is 0 Å². The number of nitrogens with zero attached hydrogens (tertiary/aromatic N) is 9. The van der Waals surface area contributed by atoms with Gasteiger partial charge in [-0.05, 0) is 172 Å². The van der Waals surface area contributed by atoms with Crippen molar-refractivity contribution in [2.75, 3.05) is 116 Å². The largest absolute Gasteiger partial charge is 0.416 e. The predicted octanol–water partition coefficient (Wildman–Crippen LogP) is 11.9. The summed E-state index contributed by atoms with van der Waals surface area (Å²) >= 11 is 0. The number of alkyl halides is 3. The summed E-state index contributed by atoms with van der Waals surface area (Å²) in [6.07, 6.45) is 11.8. The van der Waals surface area contributed by atoms with Crippen LogP contribution in [0.5, 0.6) is 0 Å². The van der Waals surface area contributed by atoms with Crippen LogP contribution in [0.4, 0.5) is 34.6 Å². The summed E-state index contributed by atoms with van der Waals surface area (Å²) in [6.45, 7) is 7.59. The van der Waals surface area contributed by atoms with Crippen LogP contribution in [0.1, 0.15) is 58.2 Å². The number of anilines is 3. The fourth-order valence-corrected chi connectivity index (χ4v) is 17.7. The summed E-state index contributed by atoms with van der Waals surface area (Å²) in [7, 11) is 0.489. The second-order valence-corrected chi connectivity index (χ2v) is 30.5. The standard InChI is InChI=1S/C24H24F3N3O2S.C23H24FN3O2S.C23H25N3O2S/c1-28-10-7-16(8-11-28)21-15-30(22-6-4-18(13-20(21)22)24(25,26)27)33(31,32)19-5-3-17-9-12-29(2)23(17)14-19;1-25-10-7-16(8-11-25)21-15-27(22-6-4-18(24)13-20(21)22)30(28,29)19-5-3-17-9-12-26(2)23(17)14-19;1-24-12-9-17(10-13-24)21-16-26(22-6-4-3-5-20(21)22)29(27,28)19-8-7-18-11-14-25(2)23(18)15-19/h3-7,13-15H,8-12H2,1-2H3;3-7,13-15H,8-12H2,1-2H3;3-9,15-16H,10-14H2,1-2H3. The molecule has 6 aliphatic heterocycles. The highest BCUT2D eigenvalue weighted by Gasteiger charge is 2.34. The van der Waals surface area contributed by atoms with Crippen molar-refractivity contribution in [3.8, 4) is 0 Å². The highest BCUT2D eigenvalue weighted by molar-refractivity contribution is 7.90. The summed E-state index contributed by atoms with van der Waals surface area (Å²) in [6, 6.07) is 31.3. The van der Waals surface area contributed by atoms with E-state index in [9.17, 15) is 42.8 Å². The minimum atomic E-state index is -4.52. The molecule has 15 rings (SSSR count). The van der Waals surface area contributed by atoms with Gasteiger partial charge < -0.3 is 29.4 Å². The first-order valence-electron chi connectivity index (χ1n) is 30.9. The third-order valence-corrected chi connectivity index (χ3v) is 24.0. The van der Waals surface area contributed by atoms with E-state index >= 15 is 0 Å². The molecule has 9 aromatic rings. The third-order valence-electron chi connectivity index (χ3n) is 19.0. The molecule has 0 bridgehead atoms. The number of benzene rings is 6. The maximum Gasteiger partial charge on any atom is 0.416 e. The van der Waals surface area contributed by atoms with Crippen LogP contribution in [0.15, 0.2) is 167 Å². The van der Waals surface area contributed by atoms with Gasteiger partial charge in [0.25, 0.3) is 30.1 Å². The Bertz CT molecular complexity index is 4890. The lowest BCUT2D eigenvalue weighted by atomic mass is 9.98. The van der Waals surface area contributed by atoms with Crippen LogP contribution in [-0.4, -0.2) is 153 Å². The van der Waals surface area contributed by atoms with E-state index in [1.807, 2.05) is 101 Å². The molecule has 0 fully saturated rings. The van der Waals surface area contributed by atoms with Gasteiger partial charge in [-0.1, -0.05) is 54.6 Å². The van der Waals surface area contributed by atoms with E-state index in [1.54, 1.807) is 42.6 Å². The first-order valence-corrected chi connectivity index (χ1v) is 35.2. The molecule has 0 N–H and O–H groups in total. The van der Waals surface area contributed by atoms with Crippen molar-refractivity contribution >= 4 is 96.6 Å². The van der Waals surface area contributed by atoms with Crippen LogP contribution >= 0.6 is 0 Å². The molecule has 6 aliphatic rings. The Morgan fingerprint density at radius 3 is 1.12 bits per heavy atom. The van der Waals surface area contributed by atoms with Crippen molar-refractivity contribution in [3.05, 3.63) is 197 Å². The molecule has 9 heterocycles. The lowest BCUT2D eigenvalue weighted by Gasteiger charge is -2.21. The topological polar surface area (TPSA) is 137 Å². The number of halogens is 4. The Hall–Kier alpha value is -7.99. The number of rotatable bonds is 9. The minimum Gasteiger partial charge on any atom is -0.374 e. The number of para-hydroxylation sites is 1. The van der Waals surface area contributed by atoms with E-state index in [0.717, 1.165) is 162 Å². The second-order valence-electron chi connectivity index (χ2n) is 25.1. The van der Waals surface area contributed by atoms with Gasteiger partial charge in [-0.15, -0.1) is 0 Å². The van der Waals surface area contributed by atoms with E-state index in [-0.39, 0.29) is 21.1 Å². The Morgan fingerprint density at radius 1 is 0.380 bits per heavy atom. The Morgan fingerprint density at radius 2 is 0.739 bits per heavy atom. The first-order chi connectivity index (χ1) is 43.8. The average molecular weight is 1310 g/mol. The van der Waals surface area contributed by atoms with Gasteiger partial charge in [0.05, 0.1) is 36.8 Å². The molecule has 0 amide bonds. The highest BCUT2D eigenvalue weighted by atomic mass is 32.2. The molecule has 480 valence electrons. The van der Waals surface area contributed by atoms with E-state index in [1.165, 1.54) is 43.5 Å². The average Bonchev–Trinajstić information content (AvgIpc) is 1.59. The van der Waals surface area contributed by atoms with E-state index in [4.69, 9.17) is 0 Å². The smallest absolute Gasteiger partial charge is 0.374 e. The molecule has 22 heteroatoms. The monoisotopic (exact) mass is 1310 g/mol. The fraction of sp³-hybridized carbons (Fsp3) is 0.314. The van der Waals surface area contributed by atoms with Crippen LogP contribution in [-0.2, 0) is 55.5 Å². The first kappa shape index (κ1) is 62.8. The van der Waals surface area contributed by atoms with Gasteiger partial charge >= 0.3 is 6.18 Å². The van der Waals surface area contributed by atoms with Gasteiger partial charge in [-0.2, -0.15) is 13.2 Å². The van der Waals surface area contributed by atoms with Crippen molar-refractivity contribution in [3.63, 3.8) is 0 Å². The SMILES string of the molecule is CN1CC=C(c2cn(S(=O)(=O)c3ccc4c(c3)N(C)CC4)c3ccc(C(F)(F)F)cc23)CC1.CN1CC=C(c2cn(S(=O)(=O)c3ccc4c(c3)N(C)CC4)c3ccc(F)cc23)CC1.CN1CC=C(c2cn(S(=O)(=O)c3ccc4c(c3)N(C)CC4)c3ccccc23)CC1. The van der Waals surface area contributed by atoms with Crippen LogP contribution in [0.2, 0.25) is 0 Å². The zero-order valence-corrected chi connectivity index (χ0v) is 54.7. The molecule has 0 saturated carbocycles. The molecule has 0 spiro atoms. The third kappa shape index (κ3) is 11.6. The van der Waals surface area contributed by atoms with E-state index < -0.39 is 41.8 Å². The van der Waals surface area contributed by atoms with Gasteiger partial charge in [0, 0.05) is 149 Å². The molecule has 0 saturated heterocycles. The molecular weight excluding hydrogens is 1240 g/mol. The zero-order valence-electron chi connectivity index (χ0n) is 52.3. The Labute approximate surface area is 535 Å². The molecule has 0 radical (unpaired) electrons. The summed E-state index contributed by atoms with van der Waals surface area (Å²) in [5.41, 5.74) is 12.5. The molecule has 0 atom stereocenters. The minimum absolute atomic E-state index is 0.121. The van der Waals surface area contributed by atoms with Gasteiger partial charge in [-0.3, -0.25) is 0 Å². The molecule has 6 aromatic carbocycles. The van der Waals surface area contributed by atoms with Gasteiger partial charge in [-0.25, -0.2) is 41.6 Å². The molecular formula is C70H73F4N9O6S3. The normalized spacial score (nSPS) is 17.5. The summed E-state index contributed by atoms with van der Waals surface area (Å²) in [5, 5.41) is 1.92. The molecule has 0 aliphatic carbocycles. The number of hydrogen-bond donors (Lipinski definition) is 0. The predicted molar refractivity (Wildman–Crippen MR) is 359 cm³/mol. The van der Waals surface area contributed by atoms with Gasteiger partial charge in [0.1, 0.15) is 5.82 Å². The van der Waals surface area contributed by atoms with Gasteiger partial charge in [0.2, 0.25) is 0 Å². The van der Waals surface area contributed by atoms with Crippen molar-refractivity contribution in [2.45, 2.75) is 59.4 Å². The summed E-state index contributed by atoms with van der Waals surface area (Å²) in [5.74, 6) is -0.369. The van der Waals surface area contributed by atoms with Crippen LogP contribution in [0.25, 0.3) is 49.4 Å². The molecule has 92 heavy (non-hydrogen) atoms. The number of hydrogen-bond acceptors (Lipinski definition) is 12. The van der Waals surface area contributed by atoms with Crippen molar-refractivity contribution in [2.24, 2.45) is 0 Å². The van der Waals surface area contributed by atoms with E-state index in [2.05, 4.69) is 43.7 Å². The van der Waals surface area contributed by atoms with Crippen LogP contribution in [0, 0.1) is 5.82 Å².